The Morgan fingerprint density at radius 1 is 1.21 bits per heavy atom. The van der Waals surface area contributed by atoms with Crippen molar-refractivity contribution in [2.24, 2.45) is 0 Å². The molecule has 0 bridgehead atoms. The van der Waals surface area contributed by atoms with Crippen molar-refractivity contribution >= 4 is 17.3 Å². The number of anilines is 1. The first-order valence-corrected chi connectivity index (χ1v) is 9.97. The first-order valence-electron chi connectivity index (χ1n) is 9.97. The van der Waals surface area contributed by atoms with Crippen molar-refractivity contribution in [3.05, 3.63) is 69.3 Å². The summed E-state index contributed by atoms with van der Waals surface area (Å²) in [6, 6.07) is 13.3. The van der Waals surface area contributed by atoms with Crippen molar-refractivity contribution in [3.63, 3.8) is 0 Å². The van der Waals surface area contributed by atoms with Crippen LogP contribution in [0.3, 0.4) is 0 Å². The molecule has 1 amide bonds. The fourth-order valence-electron chi connectivity index (χ4n) is 3.25. The van der Waals surface area contributed by atoms with Gasteiger partial charge < -0.3 is 15.5 Å². The van der Waals surface area contributed by atoms with Crippen LogP contribution in [0.25, 0.3) is 0 Å². The van der Waals surface area contributed by atoms with Crippen LogP contribution in [0, 0.1) is 10.1 Å². The van der Waals surface area contributed by atoms with Crippen molar-refractivity contribution in [3.8, 4) is 0 Å². The number of hydrogen-bond donors (Lipinski definition) is 2. The Labute approximate surface area is 171 Å². The van der Waals surface area contributed by atoms with E-state index in [2.05, 4.69) is 46.7 Å². The number of benzene rings is 2. The van der Waals surface area contributed by atoms with Crippen molar-refractivity contribution in [1.29, 1.82) is 0 Å². The summed E-state index contributed by atoms with van der Waals surface area (Å²) in [4.78, 5) is 25.4. The SMILES string of the molecule is CCc1ccc(C(CNc2ccc(C(=O)NC3CC3)cc2[N+](=O)[O-])N(C)C)cc1. The van der Waals surface area contributed by atoms with E-state index in [0.29, 0.717) is 17.8 Å². The Kier molecular flexibility index (Phi) is 6.49. The molecule has 0 radical (unpaired) electrons. The number of carbonyl (C=O) groups excluding carboxylic acids is 1. The molecule has 7 heteroatoms. The number of rotatable bonds is 9. The average molecular weight is 396 g/mol. The predicted molar refractivity (Wildman–Crippen MR) is 114 cm³/mol. The lowest BCUT2D eigenvalue weighted by Crippen LogP contribution is -2.27. The molecule has 1 atom stereocenters. The Morgan fingerprint density at radius 2 is 1.90 bits per heavy atom. The molecule has 2 N–H and O–H groups in total. The summed E-state index contributed by atoms with van der Waals surface area (Å²) in [5.74, 6) is -0.260. The largest absolute Gasteiger partial charge is 0.378 e. The molecule has 1 unspecified atom stereocenters. The van der Waals surface area contributed by atoms with Crippen LogP contribution in [0.2, 0.25) is 0 Å². The van der Waals surface area contributed by atoms with Crippen LogP contribution in [0.1, 0.15) is 47.3 Å². The number of amides is 1. The molecule has 1 saturated carbocycles. The molecular weight excluding hydrogens is 368 g/mol. The molecule has 0 spiro atoms. The molecule has 1 fully saturated rings. The fourth-order valence-corrected chi connectivity index (χ4v) is 3.25. The number of nitro groups is 1. The van der Waals surface area contributed by atoms with E-state index in [1.165, 1.54) is 11.6 Å². The quantitative estimate of drug-likeness (QED) is 0.498. The van der Waals surface area contributed by atoms with E-state index in [1.807, 2.05) is 14.1 Å². The van der Waals surface area contributed by atoms with Gasteiger partial charge in [-0.25, -0.2) is 0 Å². The van der Waals surface area contributed by atoms with Crippen molar-refractivity contribution in [2.45, 2.75) is 38.3 Å². The number of nitrogens with one attached hydrogen (secondary N) is 2. The van der Waals surface area contributed by atoms with Crippen molar-refractivity contribution < 1.29 is 9.72 Å². The second-order valence-electron chi connectivity index (χ2n) is 7.69. The molecule has 29 heavy (non-hydrogen) atoms. The Hall–Kier alpha value is -2.93. The maximum absolute atomic E-state index is 12.2. The first kappa shape index (κ1) is 20.8. The lowest BCUT2D eigenvalue weighted by molar-refractivity contribution is -0.384. The number of carbonyl (C=O) groups is 1. The van der Waals surface area contributed by atoms with Crippen LogP contribution in [-0.2, 0) is 6.42 Å². The number of nitrogens with zero attached hydrogens (tertiary/aromatic N) is 2. The minimum absolute atomic E-state index is 0.0540. The molecule has 0 saturated heterocycles. The van der Waals surface area contributed by atoms with Gasteiger partial charge in [-0.3, -0.25) is 14.9 Å². The molecule has 2 aromatic carbocycles. The summed E-state index contributed by atoms with van der Waals surface area (Å²) >= 11 is 0. The lowest BCUT2D eigenvalue weighted by Gasteiger charge is -2.25. The maximum atomic E-state index is 12.2. The van der Waals surface area contributed by atoms with Gasteiger partial charge in [-0.2, -0.15) is 0 Å². The predicted octanol–water partition coefficient (Wildman–Crippen LogP) is 3.76. The third kappa shape index (κ3) is 5.32. The summed E-state index contributed by atoms with van der Waals surface area (Å²) in [7, 11) is 3.97. The number of likely N-dealkylation sites (N-methyl/N-ethyl adjacent to an activating group) is 1. The Morgan fingerprint density at radius 3 is 2.45 bits per heavy atom. The fraction of sp³-hybridized carbons (Fsp3) is 0.409. The van der Waals surface area contributed by atoms with Gasteiger partial charge in [-0.15, -0.1) is 0 Å². The van der Waals surface area contributed by atoms with Gasteiger partial charge in [-0.05, 0) is 56.6 Å². The van der Waals surface area contributed by atoms with Gasteiger partial charge >= 0.3 is 0 Å². The Balaban J connectivity index is 1.76. The highest BCUT2D eigenvalue weighted by atomic mass is 16.6. The normalized spacial score (nSPS) is 14.5. The Bertz CT molecular complexity index is 876. The van der Waals surface area contributed by atoms with Gasteiger partial charge in [-0.1, -0.05) is 31.2 Å². The zero-order valence-electron chi connectivity index (χ0n) is 17.1. The third-order valence-corrected chi connectivity index (χ3v) is 5.25. The van der Waals surface area contributed by atoms with Gasteiger partial charge in [0.2, 0.25) is 0 Å². The lowest BCUT2D eigenvalue weighted by atomic mass is 10.0. The zero-order valence-corrected chi connectivity index (χ0v) is 17.1. The minimum atomic E-state index is -0.447. The second kappa shape index (κ2) is 9.05. The highest BCUT2D eigenvalue weighted by molar-refractivity contribution is 5.96. The summed E-state index contributed by atoms with van der Waals surface area (Å²) in [5, 5.41) is 17.6. The number of nitro benzene ring substituents is 1. The van der Waals surface area contributed by atoms with E-state index >= 15 is 0 Å². The van der Waals surface area contributed by atoms with Gasteiger partial charge in [0.25, 0.3) is 11.6 Å². The van der Waals surface area contributed by atoms with E-state index in [0.717, 1.165) is 24.8 Å². The summed E-state index contributed by atoms with van der Waals surface area (Å²) in [6.07, 6.45) is 2.93. The molecule has 1 aliphatic rings. The molecule has 154 valence electrons. The van der Waals surface area contributed by atoms with E-state index in [-0.39, 0.29) is 23.7 Å². The van der Waals surface area contributed by atoms with Crippen molar-refractivity contribution in [1.82, 2.24) is 10.2 Å². The third-order valence-electron chi connectivity index (χ3n) is 5.25. The molecule has 0 aromatic heterocycles. The molecule has 7 nitrogen and oxygen atoms in total. The summed E-state index contributed by atoms with van der Waals surface area (Å²) in [5.41, 5.74) is 3.05. The van der Waals surface area contributed by atoms with Crippen LogP contribution in [0.5, 0.6) is 0 Å². The van der Waals surface area contributed by atoms with Crippen LogP contribution in [-0.4, -0.2) is 42.4 Å². The molecule has 1 aliphatic carbocycles. The van der Waals surface area contributed by atoms with Gasteiger partial charge in [0.05, 0.1) is 11.0 Å². The highest BCUT2D eigenvalue weighted by Gasteiger charge is 2.25. The summed E-state index contributed by atoms with van der Waals surface area (Å²) < 4.78 is 0. The minimum Gasteiger partial charge on any atom is -0.378 e. The van der Waals surface area contributed by atoms with Crippen LogP contribution in [0.15, 0.2) is 42.5 Å². The van der Waals surface area contributed by atoms with Gasteiger partial charge in [0, 0.05) is 24.2 Å². The first-order chi connectivity index (χ1) is 13.9. The van der Waals surface area contributed by atoms with E-state index in [9.17, 15) is 14.9 Å². The number of hydrogen-bond acceptors (Lipinski definition) is 5. The van der Waals surface area contributed by atoms with E-state index < -0.39 is 4.92 Å². The van der Waals surface area contributed by atoms with Gasteiger partial charge in [0.15, 0.2) is 0 Å². The molecule has 3 rings (SSSR count). The zero-order chi connectivity index (χ0) is 21.0. The van der Waals surface area contributed by atoms with Crippen LogP contribution >= 0.6 is 0 Å². The monoisotopic (exact) mass is 396 g/mol. The molecule has 0 heterocycles. The van der Waals surface area contributed by atoms with Crippen molar-refractivity contribution in [2.75, 3.05) is 26.0 Å². The molecule has 0 aliphatic heterocycles. The van der Waals surface area contributed by atoms with E-state index in [4.69, 9.17) is 0 Å². The average Bonchev–Trinajstić information content (AvgIpc) is 3.52. The standard InChI is InChI=1S/C22H28N4O3/c1-4-15-5-7-16(8-6-15)21(25(2)3)14-23-19-12-9-17(13-20(19)26(28)29)22(27)24-18-10-11-18/h5-9,12-13,18,21,23H,4,10-11,14H2,1-3H3,(H,24,27). The molecule has 2 aromatic rings. The summed E-state index contributed by atoms with van der Waals surface area (Å²) in [6.45, 7) is 2.63. The molecular formula is C22H28N4O3. The highest BCUT2D eigenvalue weighted by Crippen LogP contribution is 2.28. The number of aryl methyl sites for hydroxylation is 1. The maximum Gasteiger partial charge on any atom is 0.293 e. The van der Waals surface area contributed by atoms with Crippen LogP contribution < -0.4 is 10.6 Å². The van der Waals surface area contributed by atoms with Crippen LogP contribution in [0.4, 0.5) is 11.4 Å². The van der Waals surface area contributed by atoms with E-state index in [1.54, 1.807) is 12.1 Å². The smallest absolute Gasteiger partial charge is 0.293 e. The van der Waals surface area contributed by atoms with Gasteiger partial charge in [0.1, 0.15) is 5.69 Å². The second-order valence-corrected chi connectivity index (χ2v) is 7.69. The topological polar surface area (TPSA) is 87.5 Å².